The SMILES string of the molecule is CO[C@@H]1C[C@@H](c2nncn2C)N(Cc2ccc3c(c2)CCO3)C1. The predicted molar refractivity (Wildman–Crippen MR) is 85.2 cm³/mol. The molecule has 3 heterocycles. The summed E-state index contributed by atoms with van der Waals surface area (Å²) in [6, 6.07) is 6.78. The number of hydrogen-bond donors (Lipinski definition) is 0. The summed E-state index contributed by atoms with van der Waals surface area (Å²) >= 11 is 0. The lowest BCUT2D eigenvalue weighted by molar-refractivity contribution is 0.107. The lowest BCUT2D eigenvalue weighted by Gasteiger charge is -2.23. The number of aryl methyl sites for hydroxylation is 1. The third-order valence-corrected chi connectivity index (χ3v) is 4.88. The van der Waals surface area contributed by atoms with Crippen LogP contribution in [-0.4, -0.2) is 46.0 Å². The normalized spacial score (nSPS) is 23.9. The topological polar surface area (TPSA) is 52.4 Å². The first-order chi connectivity index (χ1) is 11.2. The molecule has 1 saturated heterocycles. The quantitative estimate of drug-likeness (QED) is 0.860. The highest BCUT2D eigenvalue weighted by molar-refractivity contribution is 5.39. The molecule has 0 radical (unpaired) electrons. The first-order valence-corrected chi connectivity index (χ1v) is 8.10. The van der Waals surface area contributed by atoms with Crippen molar-refractivity contribution in [3.8, 4) is 5.75 Å². The molecule has 0 amide bonds. The number of likely N-dealkylation sites (tertiary alicyclic amines) is 1. The van der Waals surface area contributed by atoms with E-state index in [2.05, 4.69) is 33.3 Å². The molecule has 23 heavy (non-hydrogen) atoms. The molecule has 122 valence electrons. The van der Waals surface area contributed by atoms with Crippen molar-refractivity contribution in [3.63, 3.8) is 0 Å². The van der Waals surface area contributed by atoms with Crippen LogP contribution in [0.3, 0.4) is 0 Å². The van der Waals surface area contributed by atoms with Gasteiger partial charge in [0.1, 0.15) is 17.9 Å². The Morgan fingerprint density at radius 1 is 1.39 bits per heavy atom. The Morgan fingerprint density at radius 3 is 3.09 bits per heavy atom. The van der Waals surface area contributed by atoms with Crippen LogP contribution >= 0.6 is 0 Å². The van der Waals surface area contributed by atoms with Crippen molar-refractivity contribution in [2.45, 2.75) is 31.5 Å². The van der Waals surface area contributed by atoms with Gasteiger partial charge in [-0.25, -0.2) is 0 Å². The van der Waals surface area contributed by atoms with Crippen LogP contribution in [0, 0.1) is 0 Å². The van der Waals surface area contributed by atoms with Gasteiger partial charge in [-0.1, -0.05) is 12.1 Å². The average molecular weight is 314 g/mol. The Hall–Kier alpha value is -1.92. The number of ether oxygens (including phenoxy) is 2. The Bertz CT molecular complexity index is 700. The second kappa shape index (κ2) is 5.94. The van der Waals surface area contributed by atoms with E-state index in [4.69, 9.17) is 9.47 Å². The van der Waals surface area contributed by atoms with Crippen LogP contribution in [0.15, 0.2) is 24.5 Å². The second-order valence-electron chi connectivity index (χ2n) is 6.38. The summed E-state index contributed by atoms with van der Waals surface area (Å²) in [5.41, 5.74) is 2.64. The lowest BCUT2D eigenvalue weighted by atomic mass is 10.1. The standard InChI is InChI=1S/C17H22N4O2/c1-20-11-18-19-17(20)15-8-14(22-2)10-21(15)9-12-3-4-16-13(7-12)5-6-23-16/h3-4,7,11,14-15H,5-6,8-10H2,1-2H3/t14-,15+/m1/s1. The molecule has 0 saturated carbocycles. The van der Waals surface area contributed by atoms with Crippen LogP contribution in [0.2, 0.25) is 0 Å². The summed E-state index contributed by atoms with van der Waals surface area (Å²) in [6.07, 6.45) is 3.98. The van der Waals surface area contributed by atoms with Crippen LogP contribution in [0.4, 0.5) is 0 Å². The zero-order chi connectivity index (χ0) is 15.8. The second-order valence-corrected chi connectivity index (χ2v) is 6.38. The summed E-state index contributed by atoms with van der Waals surface area (Å²) in [7, 11) is 3.79. The molecule has 1 fully saturated rings. The lowest BCUT2D eigenvalue weighted by Crippen LogP contribution is -2.26. The summed E-state index contributed by atoms with van der Waals surface area (Å²) in [6.45, 7) is 2.61. The molecule has 2 atom stereocenters. The van der Waals surface area contributed by atoms with Gasteiger partial charge in [-0.3, -0.25) is 4.90 Å². The van der Waals surface area contributed by atoms with Crippen LogP contribution in [0.25, 0.3) is 0 Å². The van der Waals surface area contributed by atoms with E-state index in [9.17, 15) is 0 Å². The minimum absolute atomic E-state index is 0.245. The molecule has 0 bridgehead atoms. The number of fused-ring (bicyclic) bond motifs is 1. The highest BCUT2D eigenvalue weighted by Gasteiger charge is 2.35. The number of aromatic nitrogens is 3. The van der Waals surface area contributed by atoms with Crippen LogP contribution in [0.1, 0.15) is 29.4 Å². The van der Waals surface area contributed by atoms with Crippen molar-refractivity contribution in [2.24, 2.45) is 7.05 Å². The van der Waals surface area contributed by atoms with Gasteiger partial charge in [0.05, 0.1) is 18.8 Å². The summed E-state index contributed by atoms with van der Waals surface area (Å²) in [4.78, 5) is 2.44. The zero-order valence-corrected chi connectivity index (χ0v) is 13.6. The highest BCUT2D eigenvalue weighted by atomic mass is 16.5. The Balaban J connectivity index is 1.57. The summed E-state index contributed by atoms with van der Waals surface area (Å²) < 4.78 is 13.2. The molecule has 2 aliphatic heterocycles. The number of hydrogen-bond acceptors (Lipinski definition) is 5. The van der Waals surface area contributed by atoms with Crippen molar-refractivity contribution in [1.29, 1.82) is 0 Å². The average Bonchev–Trinajstić information content (AvgIpc) is 3.26. The summed E-state index contributed by atoms with van der Waals surface area (Å²) in [5, 5.41) is 8.35. The number of benzene rings is 1. The minimum atomic E-state index is 0.245. The zero-order valence-electron chi connectivity index (χ0n) is 13.6. The molecule has 2 aliphatic rings. The Labute approximate surface area is 136 Å². The Morgan fingerprint density at radius 2 is 2.30 bits per heavy atom. The molecule has 1 aromatic heterocycles. The maximum Gasteiger partial charge on any atom is 0.150 e. The van der Waals surface area contributed by atoms with E-state index >= 15 is 0 Å². The van der Waals surface area contributed by atoms with Crippen LogP contribution in [0.5, 0.6) is 5.75 Å². The first kappa shape index (κ1) is 14.7. The van der Waals surface area contributed by atoms with E-state index in [0.29, 0.717) is 0 Å². The smallest absolute Gasteiger partial charge is 0.150 e. The molecule has 0 aliphatic carbocycles. The van der Waals surface area contributed by atoms with Crippen molar-refractivity contribution in [3.05, 3.63) is 41.5 Å². The van der Waals surface area contributed by atoms with Gasteiger partial charge in [-0.05, 0) is 23.6 Å². The molecule has 1 aromatic carbocycles. The van der Waals surface area contributed by atoms with E-state index in [1.807, 2.05) is 11.6 Å². The van der Waals surface area contributed by atoms with Crippen LogP contribution < -0.4 is 4.74 Å². The molecule has 6 heteroatoms. The van der Waals surface area contributed by atoms with Crippen LogP contribution in [-0.2, 0) is 24.8 Å². The minimum Gasteiger partial charge on any atom is -0.493 e. The molecule has 0 N–H and O–H groups in total. The third-order valence-electron chi connectivity index (χ3n) is 4.88. The third kappa shape index (κ3) is 2.72. The van der Waals surface area contributed by atoms with Gasteiger partial charge in [0, 0.05) is 33.7 Å². The first-order valence-electron chi connectivity index (χ1n) is 8.10. The van der Waals surface area contributed by atoms with Crippen molar-refractivity contribution in [2.75, 3.05) is 20.3 Å². The molecule has 0 unspecified atom stereocenters. The van der Waals surface area contributed by atoms with Crippen molar-refractivity contribution < 1.29 is 9.47 Å². The largest absolute Gasteiger partial charge is 0.493 e. The molecular formula is C17H22N4O2. The van der Waals surface area contributed by atoms with Gasteiger partial charge >= 0.3 is 0 Å². The fourth-order valence-electron chi connectivity index (χ4n) is 3.64. The molecular weight excluding hydrogens is 292 g/mol. The van der Waals surface area contributed by atoms with E-state index in [0.717, 1.165) is 44.1 Å². The maximum absolute atomic E-state index is 5.60. The van der Waals surface area contributed by atoms with Crippen molar-refractivity contribution in [1.82, 2.24) is 19.7 Å². The number of nitrogens with zero attached hydrogens (tertiary/aromatic N) is 4. The van der Waals surface area contributed by atoms with Gasteiger partial charge < -0.3 is 14.0 Å². The maximum atomic E-state index is 5.60. The highest BCUT2D eigenvalue weighted by Crippen LogP contribution is 2.34. The molecule has 0 spiro atoms. The van der Waals surface area contributed by atoms with Gasteiger partial charge in [0.25, 0.3) is 0 Å². The predicted octanol–water partition coefficient (Wildman–Crippen LogP) is 1.71. The molecule has 6 nitrogen and oxygen atoms in total. The van der Waals surface area contributed by atoms with E-state index in [1.54, 1.807) is 13.4 Å². The Kier molecular flexibility index (Phi) is 3.79. The van der Waals surface area contributed by atoms with E-state index in [-0.39, 0.29) is 12.1 Å². The number of methoxy groups -OCH3 is 1. The number of rotatable bonds is 4. The fourth-order valence-corrected chi connectivity index (χ4v) is 3.64. The van der Waals surface area contributed by atoms with Gasteiger partial charge in [-0.15, -0.1) is 10.2 Å². The molecule has 4 rings (SSSR count). The molecule has 2 aromatic rings. The van der Waals surface area contributed by atoms with Gasteiger partial charge in [0.15, 0.2) is 0 Å². The van der Waals surface area contributed by atoms with Gasteiger partial charge in [0.2, 0.25) is 0 Å². The van der Waals surface area contributed by atoms with Gasteiger partial charge in [-0.2, -0.15) is 0 Å². The van der Waals surface area contributed by atoms with E-state index < -0.39 is 0 Å². The fraction of sp³-hybridized carbons (Fsp3) is 0.529. The van der Waals surface area contributed by atoms with E-state index in [1.165, 1.54) is 11.1 Å². The summed E-state index contributed by atoms with van der Waals surface area (Å²) in [5.74, 6) is 2.05. The van der Waals surface area contributed by atoms with Crippen molar-refractivity contribution >= 4 is 0 Å². The monoisotopic (exact) mass is 314 g/mol.